The molecule has 7 heteroatoms. The SMILES string of the molecule is COc1ccc(NC(=O)c2ccc(COC(=O)c3cc(C)no3)cc2)cc1. The Bertz CT molecular complexity index is 930. The van der Waals surface area contributed by atoms with E-state index in [9.17, 15) is 9.59 Å². The van der Waals surface area contributed by atoms with E-state index in [1.165, 1.54) is 6.07 Å². The number of nitrogens with one attached hydrogen (secondary N) is 1. The maximum absolute atomic E-state index is 12.3. The van der Waals surface area contributed by atoms with Gasteiger partial charge in [0.25, 0.3) is 5.91 Å². The molecule has 0 aliphatic heterocycles. The number of carbonyl (C=O) groups excluding carboxylic acids is 2. The van der Waals surface area contributed by atoms with Crippen molar-refractivity contribution in [3.8, 4) is 5.75 Å². The predicted octanol–water partition coefficient (Wildman–Crippen LogP) is 3.60. The summed E-state index contributed by atoms with van der Waals surface area (Å²) in [5, 5.41) is 6.44. The molecular weight excluding hydrogens is 348 g/mol. The number of benzene rings is 2. The van der Waals surface area contributed by atoms with E-state index in [2.05, 4.69) is 10.5 Å². The maximum atomic E-state index is 12.3. The lowest BCUT2D eigenvalue weighted by molar-refractivity contribution is 0.0425. The zero-order chi connectivity index (χ0) is 19.2. The summed E-state index contributed by atoms with van der Waals surface area (Å²) in [6.07, 6.45) is 0. The van der Waals surface area contributed by atoms with Crippen molar-refractivity contribution in [2.45, 2.75) is 13.5 Å². The highest BCUT2D eigenvalue weighted by Gasteiger charge is 2.13. The third-order valence-corrected chi connectivity index (χ3v) is 3.76. The second kappa shape index (κ2) is 8.18. The number of anilines is 1. The van der Waals surface area contributed by atoms with Crippen molar-refractivity contribution in [1.29, 1.82) is 0 Å². The molecule has 0 saturated carbocycles. The van der Waals surface area contributed by atoms with Crippen molar-refractivity contribution in [1.82, 2.24) is 5.16 Å². The van der Waals surface area contributed by atoms with Gasteiger partial charge in [0.1, 0.15) is 12.4 Å². The Kier molecular flexibility index (Phi) is 5.51. The monoisotopic (exact) mass is 366 g/mol. The van der Waals surface area contributed by atoms with Crippen LogP contribution in [0, 0.1) is 6.92 Å². The molecule has 0 bridgehead atoms. The molecule has 1 N–H and O–H groups in total. The Balaban J connectivity index is 1.55. The first-order chi connectivity index (χ1) is 13.0. The first-order valence-electron chi connectivity index (χ1n) is 8.20. The molecule has 0 fully saturated rings. The fraction of sp³-hybridized carbons (Fsp3) is 0.150. The normalized spacial score (nSPS) is 10.3. The minimum Gasteiger partial charge on any atom is -0.497 e. The predicted molar refractivity (Wildman–Crippen MR) is 97.7 cm³/mol. The fourth-order valence-electron chi connectivity index (χ4n) is 2.31. The van der Waals surface area contributed by atoms with Gasteiger partial charge in [-0.3, -0.25) is 4.79 Å². The molecule has 1 amide bonds. The molecule has 0 unspecified atom stereocenters. The van der Waals surface area contributed by atoms with Gasteiger partial charge in [0.2, 0.25) is 5.76 Å². The van der Waals surface area contributed by atoms with Gasteiger partial charge in [0, 0.05) is 17.3 Å². The lowest BCUT2D eigenvalue weighted by Crippen LogP contribution is -2.12. The van der Waals surface area contributed by atoms with Gasteiger partial charge in [-0.05, 0) is 48.9 Å². The molecule has 3 aromatic rings. The van der Waals surface area contributed by atoms with E-state index in [1.54, 1.807) is 62.6 Å². The number of rotatable bonds is 6. The third kappa shape index (κ3) is 4.72. The molecule has 0 atom stereocenters. The number of hydrogen-bond donors (Lipinski definition) is 1. The van der Waals surface area contributed by atoms with Gasteiger partial charge in [0.15, 0.2) is 0 Å². The molecule has 3 rings (SSSR count). The van der Waals surface area contributed by atoms with E-state index >= 15 is 0 Å². The van der Waals surface area contributed by atoms with Crippen molar-refractivity contribution >= 4 is 17.6 Å². The number of methoxy groups -OCH3 is 1. The van der Waals surface area contributed by atoms with Crippen molar-refractivity contribution in [2.75, 3.05) is 12.4 Å². The van der Waals surface area contributed by atoms with Gasteiger partial charge >= 0.3 is 5.97 Å². The van der Waals surface area contributed by atoms with Crippen LogP contribution in [0.25, 0.3) is 0 Å². The van der Waals surface area contributed by atoms with Crippen LogP contribution in [0.1, 0.15) is 32.2 Å². The maximum Gasteiger partial charge on any atom is 0.377 e. The minimum atomic E-state index is -0.586. The van der Waals surface area contributed by atoms with Gasteiger partial charge < -0.3 is 19.3 Å². The third-order valence-electron chi connectivity index (χ3n) is 3.76. The van der Waals surface area contributed by atoms with Gasteiger partial charge in [-0.1, -0.05) is 17.3 Å². The van der Waals surface area contributed by atoms with Crippen molar-refractivity contribution < 1.29 is 23.6 Å². The molecule has 1 heterocycles. The number of aryl methyl sites for hydroxylation is 1. The number of amides is 1. The molecule has 138 valence electrons. The molecule has 1 aromatic heterocycles. The molecule has 0 aliphatic carbocycles. The summed E-state index contributed by atoms with van der Waals surface area (Å²) in [5.74, 6) is -0.0480. The first-order valence-corrected chi connectivity index (χ1v) is 8.20. The fourth-order valence-corrected chi connectivity index (χ4v) is 2.31. The van der Waals surface area contributed by atoms with Crippen LogP contribution >= 0.6 is 0 Å². The van der Waals surface area contributed by atoms with Crippen LogP contribution in [0.5, 0.6) is 5.75 Å². The highest BCUT2D eigenvalue weighted by Crippen LogP contribution is 2.16. The standard InChI is InChI=1S/C20H18N2O5/c1-13-11-18(27-22-13)20(24)26-12-14-3-5-15(6-4-14)19(23)21-16-7-9-17(25-2)10-8-16/h3-11H,12H2,1-2H3,(H,21,23). The van der Waals surface area contributed by atoms with Gasteiger partial charge in [-0.15, -0.1) is 0 Å². The topological polar surface area (TPSA) is 90.7 Å². The summed E-state index contributed by atoms with van der Waals surface area (Å²) in [4.78, 5) is 24.1. The van der Waals surface area contributed by atoms with Gasteiger partial charge in [-0.2, -0.15) is 0 Å². The van der Waals surface area contributed by atoms with E-state index in [1.807, 2.05) is 0 Å². The zero-order valence-electron chi connectivity index (χ0n) is 14.9. The number of esters is 1. The van der Waals surface area contributed by atoms with Crippen LogP contribution in [0.15, 0.2) is 59.1 Å². The number of carbonyl (C=O) groups is 2. The summed E-state index contributed by atoms with van der Waals surface area (Å²) in [5.41, 5.74) is 2.52. The van der Waals surface area contributed by atoms with E-state index < -0.39 is 5.97 Å². The number of aromatic nitrogens is 1. The Morgan fingerprint density at radius 1 is 1.07 bits per heavy atom. The van der Waals surface area contributed by atoms with E-state index in [-0.39, 0.29) is 18.3 Å². The number of ether oxygens (including phenoxy) is 2. The van der Waals surface area contributed by atoms with Crippen LogP contribution in [-0.2, 0) is 11.3 Å². The lowest BCUT2D eigenvalue weighted by atomic mass is 10.1. The second-order valence-corrected chi connectivity index (χ2v) is 5.79. The van der Waals surface area contributed by atoms with E-state index in [4.69, 9.17) is 14.0 Å². The summed E-state index contributed by atoms with van der Waals surface area (Å²) in [6, 6.07) is 15.3. The van der Waals surface area contributed by atoms with Crippen LogP contribution in [0.2, 0.25) is 0 Å². The summed E-state index contributed by atoms with van der Waals surface area (Å²) in [6.45, 7) is 1.79. The Hall–Kier alpha value is -3.61. The van der Waals surface area contributed by atoms with Crippen LogP contribution < -0.4 is 10.1 Å². The van der Waals surface area contributed by atoms with Crippen molar-refractivity contribution in [3.63, 3.8) is 0 Å². The second-order valence-electron chi connectivity index (χ2n) is 5.79. The van der Waals surface area contributed by atoms with Gasteiger partial charge in [-0.25, -0.2) is 4.79 Å². The summed E-state index contributed by atoms with van der Waals surface area (Å²) < 4.78 is 15.1. The average molecular weight is 366 g/mol. The van der Waals surface area contributed by atoms with Crippen LogP contribution in [-0.4, -0.2) is 24.1 Å². The van der Waals surface area contributed by atoms with Crippen molar-refractivity contribution in [2.24, 2.45) is 0 Å². The average Bonchev–Trinajstić information content (AvgIpc) is 3.13. The number of nitrogens with zero attached hydrogens (tertiary/aromatic N) is 1. The Labute approximate surface area is 155 Å². The smallest absolute Gasteiger partial charge is 0.377 e. The minimum absolute atomic E-state index is 0.0583. The molecule has 0 spiro atoms. The van der Waals surface area contributed by atoms with Crippen LogP contribution in [0.4, 0.5) is 5.69 Å². The van der Waals surface area contributed by atoms with E-state index in [0.29, 0.717) is 22.7 Å². The molecular formula is C20H18N2O5. The highest BCUT2D eigenvalue weighted by atomic mass is 16.6. The van der Waals surface area contributed by atoms with Crippen LogP contribution in [0.3, 0.4) is 0 Å². The highest BCUT2D eigenvalue weighted by molar-refractivity contribution is 6.04. The van der Waals surface area contributed by atoms with Crippen molar-refractivity contribution in [3.05, 3.63) is 77.2 Å². The summed E-state index contributed by atoms with van der Waals surface area (Å²) in [7, 11) is 1.58. The molecule has 27 heavy (non-hydrogen) atoms. The Morgan fingerprint density at radius 2 is 1.78 bits per heavy atom. The Morgan fingerprint density at radius 3 is 2.37 bits per heavy atom. The van der Waals surface area contributed by atoms with Gasteiger partial charge in [0.05, 0.1) is 12.8 Å². The van der Waals surface area contributed by atoms with E-state index in [0.717, 1.165) is 5.56 Å². The largest absolute Gasteiger partial charge is 0.497 e. The lowest BCUT2D eigenvalue weighted by Gasteiger charge is -2.07. The zero-order valence-corrected chi connectivity index (χ0v) is 14.9. The summed E-state index contributed by atoms with van der Waals surface area (Å²) >= 11 is 0. The molecule has 2 aromatic carbocycles. The number of hydrogen-bond acceptors (Lipinski definition) is 6. The first kappa shape index (κ1) is 18.2. The molecule has 7 nitrogen and oxygen atoms in total. The molecule has 0 aliphatic rings. The quantitative estimate of drug-likeness (QED) is 0.670. The molecule has 0 saturated heterocycles. The molecule has 0 radical (unpaired) electrons.